The van der Waals surface area contributed by atoms with E-state index in [2.05, 4.69) is 5.29 Å². The lowest BCUT2D eigenvalue weighted by Gasteiger charge is -2.29. The molecule has 0 radical (unpaired) electrons. The molecule has 1 atom stereocenters. The number of carbonyl (C=O) groups is 1. The molecule has 1 heterocycles. The van der Waals surface area contributed by atoms with Crippen molar-refractivity contribution in [3.8, 4) is 0 Å². The molecule has 78 valence electrons. The van der Waals surface area contributed by atoms with Gasteiger partial charge in [-0.15, -0.1) is 4.91 Å². The van der Waals surface area contributed by atoms with Crippen molar-refractivity contribution in [2.75, 3.05) is 0 Å². The van der Waals surface area contributed by atoms with Crippen LogP contribution in [0.5, 0.6) is 0 Å². The number of hydrogen-bond donors (Lipinski definition) is 1. The van der Waals surface area contributed by atoms with Crippen LogP contribution in [0.3, 0.4) is 0 Å². The fourth-order valence-corrected chi connectivity index (χ4v) is 1.81. The molecule has 5 heteroatoms. The quantitative estimate of drug-likeness (QED) is 0.737. The Balaban J connectivity index is 2.34. The van der Waals surface area contributed by atoms with Crippen LogP contribution >= 0.6 is 0 Å². The van der Waals surface area contributed by atoms with Gasteiger partial charge in [0.1, 0.15) is 0 Å². The molecular weight excluding hydrogens is 196 g/mol. The number of benzene rings is 1. The molecule has 1 aromatic carbocycles. The van der Waals surface area contributed by atoms with E-state index in [1.807, 2.05) is 24.3 Å². The van der Waals surface area contributed by atoms with E-state index in [1.54, 1.807) is 0 Å². The molecule has 0 spiro atoms. The van der Waals surface area contributed by atoms with E-state index >= 15 is 0 Å². The van der Waals surface area contributed by atoms with Crippen molar-refractivity contribution in [2.45, 2.75) is 19.0 Å². The van der Waals surface area contributed by atoms with Gasteiger partial charge in [-0.25, -0.2) is 9.80 Å². The van der Waals surface area contributed by atoms with Crippen LogP contribution < -0.4 is 0 Å². The first-order valence-electron chi connectivity index (χ1n) is 4.62. The van der Waals surface area contributed by atoms with Crippen molar-refractivity contribution in [3.05, 3.63) is 40.3 Å². The van der Waals surface area contributed by atoms with Crippen LogP contribution in [-0.2, 0) is 17.8 Å². The van der Waals surface area contributed by atoms with Crippen LogP contribution in [0.1, 0.15) is 11.1 Å². The van der Waals surface area contributed by atoms with Gasteiger partial charge in [0.05, 0.1) is 11.8 Å². The van der Waals surface area contributed by atoms with E-state index in [0.29, 0.717) is 6.42 Å². The Kier molecular flexibility index (Phi) is 2.37. The van der Waals surface area contributed by atoms with E-state index < -0.39 is 12.0 Å². The smallest absolute Gasteiger partial charge is 0.328 e. The number of nitrogens with zero attached hydrogens (tertiary/aromatic N) is 2. The Morgan fingerprint density at radius 2 is 2.07 bits per heavy atom. The average Bonchev–Trinajstić information content (AvgIpc) is 2.27. The molecule has 0 aliphatic carbocycles. The van der Waals surface area contributed by atoms with Gasteiger partial charge >= 0.3 is 5.97 Å². The molecule has 0 fully saturated rings. The third-order valence-corrected chi connectivity index (χ3v) is 2.61. The van der Waals surface area contributed by atoms with Crippen molar-refractivity contribution >= 4 is 5.97 Å². The molecule has 0 unspecified atom stereocenters. The number of carboxylic acids is 1. The summed E-state index contributed by atoms with van der Waals surface area (Å²) >= 11 is 0. The second kappa shape index (κ2) is 3.68. The van der Waals surface area contributed by atoms with Crippen LogP contribution in [0.4, 0.5) is 0 Å². The molecule has 1 aromatic rings. The highest BCUT2D eigenvalue weighted by atomic mass is 16.4. The highest BCUT2D eigenvalue weighted by Crippen LogP contribution is 2.23. The van der Waals surface area contributed by atoms with Gasteiger partial charge in [-0.3, -0.25) is 0 Å². The first-order valence-corrected chi connectivity index (χ1v) is 4.62. The summed E-state index contributed by atoms with van der Waals surface area (Å²) in [5, 5.41) is 12.8. The second-order valence-corrected chi connectivity index (χ2v) is 3.51. The van der Waals surface area contributed by atoms with Crippen molar-refractivity contribution in [2.24, 2.45) is 5.29 Å². The van der Waals surface area contributed by atoms with Crippen molar-refractivity contribution in [3.63, 3.8) is 0 Å². The fraction of sp³-hybridized carbons (Fsp3) is 0.300. The fourth-order valence-electron chi connectivity index (χ4n) is 1.81. The lowest BCUT2D eigenvalue weighted by atomic mass is 9.95. The van der Waals surface area contributed by atoms with Gasteiger partial charge < -0.3 is 5.11 Å². The SMILES string of the molecule is O=NN1Cc2ccccc2C[C@H]1C(=O)O. The maximum Gasteiger partial charge on any atom is 0.328 e. The van der Waals surface area contributed by atoms with Crippen molar-refractivity contribution in [1.29, 1.82) is 0 Å². The summed E-state index contributed by atoms with van der Waals surface area (Å²) < 4.78 is 0. The Morgan fingerprint density at radius 3 is 2.67 bits per heavy atom. The highest BCUT2D eigenvalue weighted by Gasteiger charge is 2.31. The summed E-state index contributed by atoms with van der Waals surface area (Å²) in [5.74, 6) is -1.01. The number of aliphatic carboxylic acids is 1. The van der Waals surface area contributed by atoms with Crippen LogP contribution in [-0.4, -0.2) is 22.1 Å². The summed E-state index contributed by atoms with van der Waals surface area (Å²) in [5.41, 5.74) is 1.94. The van der Waals surface area contributed by atoms with E-state index in [4.69, 9.17) is 5.11 Å². The van der Waals surface area contributed by atoms with E-state index in [-0.39, 0.29) is 6.54 Å². The first-order chi connectivity index (χ1) is 7.22. The van der Waals surface area contributed by atoms with Gasteiger partial charge in [-0.2, -0.15) is 0 Å². The summed E-state index contributed by atoms with van der Waals surface area (Å²) in [6.07, 6.45) is 0.331. The van der Waals surface area contributed by atoms with Crippen LogP contribution in [0, 0.1) is 4.91 Å². The minimum Gasteiger partial charge on any atom is -0.480 e. The Bertz CT molecular complexity index is 405. The van der Waals surface area contributed by atoms with Gasteiger partial charge in [0.25, 0.3) is 0 Å². The molecule has 0 amide bonds. The number of rotatable bonds is 2. The van der Waals surface area contributed by atoms with Gasteiger partial charge in [0, 0.05) is 6.42 Å². The first kappa shape index (κ1) is 9.64. The van der Waals surface area contributed by atoms with E-state index in [1.165, 1.54) is 0 Å². The number of hydrogen-bond acceptors (Lipinski definition) is 3. The zero-order valence-electron chi connectivity index (χ0n) is 7.96. The summed E-state index contributed by atoms with van der Waals surface area (Å²) in [4.78, 5) is 21.4. The van der Waals surface area contributed by atoms with Crippen LogP contribution in [0.15, 0.2) is 29.6 Å². The largest absolute Gasteiger partial charge is 0.480 e. The molecule has 0 aromatic heterocycles. The number of fused-ring (bicyclic) bond motifs is 1. The molecule has 1 aliphatic heterocycles. The zero-order chi connectivity index (χ0) is 10.8. The standard InChI is InChI=1S/C10H10N2O3/c13-10(14)9-5-7-3-1-2-4-8(7)6-12(9)11-15/h1-4,9H,5-6H2,(H,13,14)/t9-/m0/s1. The van der Waals surface area contributed by atoms with Gasteiger partial charge in [-0.1, -0.05) is 24.3 Å². The predicted molar refractivity (Wildman–Crippen MR) is 52.9 cm³/mol. The maximum atomic E-state index is 10.9. The third-order valence-electron chi connectivity index (χ3n) is 2.61. The van der Waals surface area contributed by atoms with E-state index in [9.17, 15) is 9.70 Å². The molecule has 1 aliphatic rings. The molecule has 0 saturated heterocycles. The second-order valence-electron chi connectivity index (χ2n) is 3.51. The van der Waals surface area contributed by atoms with E-state index in [0.717, 1.165) is 16.1 Å². The lowest BCUT2D eigenvalue weighted by molar-refractivity contribution is -0.144. The molecule has 0 saturated carbocycles. The minimum atomic E-state index is -1.01. The Morgan fingerprint density at radius 1 is 1.40 bits per heavy atom. The minimum absolute atomic E-state index is 0.274. The monoisotopic (exact) mass is 206 g/mol. The number of nitroso groups, excluding NO2 is 1. The van der Waals surface area contributed by atoms with Crippen LogP contribution in [0.2, 0.25) is 0 Å². The lowest BCUT2D eigenvalue weighted by Crippen LogP contribution is -2.42. The normalized spacial score (nSPS) is 19.5. The topological polar surface area (TPSA) is 70.0 Å². The van der Waals surface area contributed by atoms with Gasteiger partial charge in [0.2, 0.25) is 0 Å². The molecule has 5 nitrogen and oxygen atoms in total. The average molecular weight is 206 g/mol. The molecule has 2 rings (SSSR count). The summed E-state index contributed by atoms with van der Waals surface area (Å²) in [7, 11) is 0. The molecule has 1 N–H and O–H groups in total. The summed E-state index contributed by atoms with van der Waals surface area (Å²) in [6, 6.07) is 6.65. The third kappa shape index (κ3) is 1.68. The van der Waals surface area contributed by atoms with Crippen molar-refractivity contribution in [1.82, 2.24) is 5.01 Å². The highest BCUT2D eigenvalue weighted by molar-refractivity contribution is 5.74. The summed E-state index contributed by atoms with van der Waals surface area (Å²) in [6.45, 7) is 0.274. The Labute approximate surface area is 86.3 Å². The zero-order valence-corrected chi connectivity index (χ0v) is 7.96. The molecule has 0 bridgehead atoms. The van der Waals surface area contributed by atoms with Gasteiger partial charge in [-0.05, 0) is 11.1 Å². The predicted octanol–water partition coefficient (Wildman–Crippen LogP) is 1.18. The van der Waals surface area contributed by atoms with Crippen molar-refractivity contribution < 1.29 is 9.90 Å². The molecular formula is C10H10N2O3. The van der Waals surface area contributed by atoms with Crippen LogP contribution in [0.25, 0.3) is 0 Å². The van der Waals surface area contributed by atoms with Gasteiger partial charge in [0.15, 0.2) is 6.04 Å². The Hall–Kier alpha value is -1.91. The maximum absolute atomic E-state index is 10.9. The molecule has 15 heavy (non-hydrogen) atoms. The number of carboxylic acid groups (broad SMARTS) is 1.